The van der Waals surface area contributed by atoms with E-state index in [0.29, 0.717) is 30.7 Å². The van der Waals surface area contributed by atoms with Crippen molar-refractivity contribution in [2.75, 3.05) is 5.32 Å². The molecule has 4 rings (SSSR count). The van der Waals surface area contributed by atoms with Crippen molar-refractivity contribution in [1.82, 2.24) is 4.90 Å². The normalized spacial score (nSPS) is 23.6. The van der Waals surface area contributed by atoms with Crippen LogP contribution < -0.4 is 5.32 Å². The van der Waals surface area contributed by atoms with Crippen molar-refractivity contribution in [3.05, 3.63) is 59.1 Å². The Balaban J connectivity index is 1.46. The Morgan fingerprint density at radius 2 is 1.65 bits per heavy atom. The summed E-state index contributed by atoms with van der Waals surface area (Å²) in [5, 5.41) is 2.37. The lowest BCUT2D eigenvalue weighted by Gasteiger charge is -2.38. The highest BCUT2D eigenvalue weighted by Gasteiger charge is 2.47. The molecule has 2 bridgehead atoms. The summed E-state index contributed by atoms with van der Waals surface area (Å²) in [4.78, 5) is 14.6. The third-order valence-corrected chi connectivity index (χ3v) is 8.36. The van der Waals surface area contributed by atoms with Gasteiger partial charge in [-0.1, -0.05) is 17.7 Å². The lowest BCUT2D eigenvalue weighted by Crippen LogP contribution is -2.51. The molecule has 2 heterocycles. The van der Waals surface area contributed by atoms with Gasteiger partial charge in [0.25, 0.3) is 0 Å². The van der Waals surface area contributed by atoms with Crippen LogP contribution in [0.4, 0.5) is 23.7 Å². The van der Waals surface area contributed by atoms with Gasteiger partial charge in [-0.2, -0.15) is 13.2 Å². The molecule has 3 atom stereocenters. The number of benzene rings is 2. The predicted octanol–water partition coefficient (Wildman–Crippen LogP) is 5.36. The van der Waals surface area contributed by atoms with Crippen molar-refractivity contribution >= 4 is 33.2 Å². The van der Waals surface area contributed by atoms with E-state index >= 15 is 0 Å². The van der Waals surface area contributed by atoms with E-state index in [0.717, 1.165) is 12.1 Å². The Kier molecular flexibility index (Phi) is 5.68. The van der Waals surface area contributed by atoms with E-state index < -0.39 is 32.9 Å². The van der Waals surface area contributed by atoms with Gasteiger partial charge >= 0.3 is 12.2 Å². The first-order valence-corrected chi connectivity index (χ1v) is 11.7. The molecule has 0 saturated carbocycles. The molecule has 2 aromatic carbocycles. The fourth-order valence-electron chi connectivity index (χ4n) is 4.48. The minimum atomic E-state index is -4.45. The highest BCUT2D eigenvalue weighted by molar-refractivity contribution is 7.92. The number of rotatable bonds is 3. The van der Waals surface area contributed by atoms with Crippen molar-refractivity contribution in [3.63, 3.8) is 0 Å². The number of nitrogens with one attached hydrogen (secondary N) is 1. The summed E-state index contributed by atoms with van der Waals surface area (Å²) in [6.45, 7) is 0. The number of amides is 2. The van der Waals surface area contributed by atoms with Crippen molar-refractivity contribution in [1.29, 1.82) is 0 Å². The number of urea groups is 1. The third-order valence-electron chi connectivity index (χ3n) is 5.95. The number of fused-ring (bicyclic) bond motifs is 2. The molecule has 2 amide bonds. The van der Waals surface area contributed by atoms with Crippen LogP contribution in [0.1, 0.15) is 31.2 Å². The van der Waals surface area contributed by atoms with E-state index in [-0.39, 0.29) is 22.7 Å². The molecule has 2 saturated heterocycles. The van der Waals surface area contributed by atoms with Crippen LogP contribution in [0.3, 0.4) is 0 Å². The van der Waals surface area contributed by atoms with Gasteiger partial charge in [-0.15, -0.1) is 0 Å². The van der Waals surface area contributed by atoms with Crippen molar-refractivity contribution in [2.45, 2.75) is 54.1 Å². The van der Waals surface area contributed by atoms with Gasteiger partial charge in [-0.25, -0.2) is 13.2 Å². The van der Waals surface area contributed by atoms with Gasteiger partial charge in [0.05, 0.1) is 15.7 Å². The molecule has 31 heavy (non-hydrogen) atoms. The molecule has 0 spiro atoms. The predicted molar refractivity (Wildman–Crippen MR) is 111 cm³/mol. The van der Waals surface area contributed by atoms with Gasteiger partial charge in [0.15, 0.2) is 9.84 Å². The van der Waals surface area contributed by atoms with Crippen LogP contribution in [0.25, 0.3) is 0 Å². The summed E-state index contributed by atoms with van der Waals surface area (Å²) in [6, 6.07) is 9.48. The Morgan fingerprint density at radius 1 is 1.03 bits per heavy atom. The first kappa shape index (κ1) is 22.0. The maximum Gasteiger partial charge on any atom is 0.416 e. The number of halogens is 4. The number of nitrogens with zero attached hydrogens (tertiary/aromatic N) is 1. The fraction of sp³-hybridized carbons (Fsp3) is 0.381. The number of sulfone groups is 1. The van der Waals surface area contributed by atoms with Crippen LogP contribution in [-0.2, 0) is 16.0 Å². The lowest BCUT2D eigenvalue weighted by molar-refractivity contribution is -0.137. The molecule has 2 aromatic rings. The van der Waals surface area contributed by atoms with E-state index in [9.17, 15) is 26.4 Å². The Bertz CT molecular complexity index is 1080. The monoisotopic (exact) mass is 472 g/mol. The first-order chi connectivity index (χ1) is 14.6. The number of carbonyl (C=O) groups is 1. The van der Waals surface area contributed by atoms with Gasteiger partial charge in [-0.05, 0) is 68.1 Å². The second-order valence-corrected chi connectivity index (χ2v) is 10.6. The van der Waals surface area contributed by atoms with Crippen LogP contribution in [0, 0.1) is 0 Å². The summed E-state index contributed by atoms with van der Waals surface area (Å²) in [7, 11) is -3.59. The first-order valence-electron chi connectivity index (χ1n) is 9.82. The largest absolute Gasteiger partial charge is 0.416 e. The van der Waals surface area contributed by atoms with Crippen LogP contribution in [0.2, 0.25) is 5.02 Å². The number of piperidine rings is 1. The minimum absolute atomic E-state index is 0.173. The molecule has 0 aromatic heterocycles. The lowest BCUT2D eigenvalue weighted by atomic mass is 10.0. The quantitative estimate of drug-likeness (QED) is 0.654. The van der Waals surface area contributed by atoms with E-state index in [4.69, 9.17) is 11.6 Å². The summed E-state index contributed by atoms with van der Waals surface area (Å²) in [5.41, 5.74) is -0.538. The van der Waals surface area contributed by atoms with Crippen LogP contribution in [0.15, 0.2) is 53.4 Å². The maximum atomic E-state index is 13.1. The number of alkyl halides is 3. The van der Waals surface area contributed by atoms with Crippen LogP contribution in [-0.4, -0.2) is 36.7 Å². The molecular weight excluding hydrogens is 453 g/mol. The zero-order valence-electron chi connectivity index (χ0n) is 16.3. The molecule has 1 N–H and O–H groups in total. The average molecular weight is 473 g/mol. The topological polar surface area (TPSA) is 66.5 Å². The molecule has 1 unspecified atom stereocenters. The summed E-state index contributed by atoms with van der Waals surface area (Å²) in [5.74, 6) is 0. The second kappa shape index (κ2) is 8.02. The molecule has 2 aliphatic heterocycles. The Labute approximate surface area is 183 Å². The second-order valence-electron chi connectivity index (χ2n) is 7.89. The van der Waals surface area contributed by atoms with Crippen molar-refractivity contribution < 1.29 is 26.4 Å². The molecule has 5 nitrogen and oxygen atoms in total. The summed E-state index contributed by atoms with van der Waals surface area (Å²) < 4.78 is 64.3. The summed E-state index contributed by atoms with van der Waals surface area (Å²) in [6.07, 6.45) is -2.45. The van der Waals surface area contributed by atoms with Crippen molar-refractivity contribution in [2.24, 2.45) is 0 Å². The van der Waals surface area contributed by atoms with E-state index in [1.807, 2.05) is 0 Å². The molecule has 166 valence electrons. The summed E-state index contributed by atoms with van der Waals surface area (Å²) >= 11 is 5.95. The van der Waals surface area contributed by atoms with E-state index in [1.54, 1.807) is 17.0 Å². The Morgan fingerprint density at radius 3 is 2.19 bits per heavy atom. The molecule has 0 radical (unpaired) electrons. The maximum absolute atomic E-state index is 13.1. The molecule has 2 aliphatic rings. The number of hydrogen-bond acceptors (Lipinski definition) is 3. The standard InChI is InChI=1S/C21H20ClF3N2O3S/c22-14-2-1-3-18(10-14)31(29,30)19-11-16-8-9-17(12-19)27(16)20(28)26-15-6-4-13(5-7-15)21(23,24)25/h1-7,10,16-17,19H,8-9,11-12H2,(H,26,28)/t16-,17+,19?. The average Bonchev–Trinajstić information content (AvgIpc) is 2.97. The van der Waals surface area contributed by atoms with Gasteiger partial charge in [0, 0.05) is 22.8 Å². The van der Waals surface area contributed by atoms with Crippen LogP contribution >= 0.6 is 11.6 Å². The molecule has 0 aliphatic carbocycles. The Hall–Kier alpha value is -2.26. The number of hydrogen-bond donors (Lipinski definition) is 1. The SMILES string of the molecule is O=C(Nc1ccc(C(F)(F)F)cc1)N1[C@@H]2CC[C@H]1CC(S(=O)(=O)c1cccc(Cl)c1)C2. The zero-order chi connectivity index (χ0) is 22.4. The van der Waals surface area contributed by atoms with Crippen molar-refractivity contribution in [3.8, 4) is 0 Å². The zero-order valence-corrected chi connectivity index (χ0v) is 17.8. The molecular formula is C21H20ClF3N2O3S. The highest BCUT2D eigenvalue weighted by Crippen LogP contribution is 2.40. The fourth-order valence-corrected chi connectivity index (χ4v) is 6.63. The number of anilines is 1. The van der Waals surface area contributed by atoms with E-state index in [2.05, 4.69) is 5.32 Å². The van der Waals surface area contributed by atoms with Gasteiger partial charge in [0.1, 0.15) is 0 Å². The highest BCUT2D eigenvalue weighted by atomic mass is 35.5. The minimum Gasteiger partial charge on any atom is -0.318 e. The smallest absolute Gasteiger partial charge is 0.318 e. The van der Waals surface area contributed by atoms with Crippen LogP contribution in [0.5, 0.6) is 0 Å². The van der Waals surface area contributed by atoms with Gasteiger partial charge in [0.2, 0.25) is 0 Å². The third kappa shape index (κ3) is 4.39. The number of carbonyl (C=O) groups excluding carboxylic acids is 1. The molecule has 10 heteroatoms. The van der Waals surface area contributed by atoms with E-state index in [1.165, 1.54) is 24.3 Å². The molecule has 2 fully saturated rings. The van der Waals surface area contributed by atoms with Gasteiger partial charge in [-0.3, -0.25) is 0 Å². The van der Waals surface area contributed by atoms with Gasteiger partial charge < -0.3 is 10.2 Å².